The van der Waals surface area contributed by atoms with Gasteiger partial charge in [0.25, 0.3) is 0 Å². The number of carbonyl (C=O) groups is 3. The zero-order valence-electron chi connectivity index (χ0n) is 19.6. The lowest BCUT2D eigenvalue weighted by atomic mass is 9.70. The molecule has 8 heteroatoms. The van der Waals surface area contributed by atoms with Crippen LogP contribution in [0.2, 0.25) is 0 Å². The summed E-state index contributed by atoms with van der Waals surface area (Å²) in [4.78, 5) is 42.5. The number of nitrogens with zero attached hydrogens (tertiary/aromatic N) is 1. The van der Waals surface area contributed by atoms with Crippen molar-refractivity contribution in [2.75, 3.05) is 13.2 Å². The molecular formula is C24H39N3O4S. The van der Waals surface area contributed by atoms with Crippen LogP contribution < -0.4 is 10.6 Å². The molecule has 180 valence electrons. The molecule has 0 aromatic heterocycles. The van der Waals surface area contributed by atoms with Gasteiger partial charge in [0.15, 0.2) is 0 Å². The second kappa shape index (κ2) is 9.53. The molecule has 1 spiro atoms. The van der Waals surface area contributed by atoms with Crippen LogP contribution in [0.4, 0.5) is 0 Å². The highest BCUT2D eigenvalue weighted by molar-refractivity contribution is 8.02. The maximum Gasteiger partial charge on any atom is 0.244 e. The Balaban J connectivity index is 1.68. The molecular weight excluding hydrogens is 426 g/mol. The SMILES string of the molecule is CCCNC(=O)[C@@H]1[C@@H]2CCC3(S2)C(C(=O)NC2CCCCC2)N([C@@H](CO)C(C)C)C(=O)[C@H]13. The van der Waals surface area contributed by atoms with E-state index in [-0.39, 0.29) is 41.5 Å². The topological polar surface area (TPSA) is 98.7 Å². The molecule has 4 rings (SSSR count). The van der Waals surface area contributed by atoms with E-state index in [0.717, 1.165) is 44.9 Å². The number of rotatable bonds is 8. The Morgan fingerprint density at radius 3 is 2.53 bits per heavy atom. The highest BCUT2D eigenvalue weighted by atomic mass is 32.2. The standard InChI is InChI=1S/C24H39N3O4S/c1-4-12-25-21(29)18-17-10-11-24(32-17)19(18)23(31)27(16(13-28)14(2)3)20(24)22(30)26-15-8-6-5-7-9-15/h14-20,28H,4-13H2,1-3H3,(H,25,29)(H,26,30)/t16-,17-,18+,19-,20?,24?/m0/s1. The van der Waals surface area contributed by atoms with Gasteiger partial charge in [-0.05, 0) is 38.0 Å². The van der Waals surface area contributed by atoms with E-state index < -0.39 is 28.7 Å². The molecule has 3 aliphatic heterocycles. The fourth-order valence-corrected chi connectivity index (χ4v) is 8.77. The number of thioether (sulfide) groups is 1. The minimum atomic E-state index is -0.625. The Morgan fingerprint density at radius 2 is 1.91 bits per heavy atom. The van der Waals surface area contributed by atoms with Crippen LogP contribution in [-0.4, -0.2) is 69.0 Å². The minimum absolute atomic E-state index is 0.0127. The molecule has 3 saturated heterocycles. The molecule has 1 aliphatic carbocycles. The van der Waals surface area contributed by atoms with Gasteiger partial charge in [0.05, 0.1) is 29.2 Å². The lowest BCUT2D eigenvalue weighted by Crippen LogP contribution is -2.59. The predicted octanol–water partition coefficient (Wildman–Crippen LogP) is 2.07. The van der Waals surface area contributed by atoms with Crippen molar-refractivity contribution in [3.63, 3.8) is 0 Å². The highest BCUT2D eigenvalue weighted by Gasteiger charge is 2.74. The van der Waals surface area contributed by atoms with Crippen LogP contribution in [0, 0.1) is 17.8 Å². The Morgan fingerprint density at radius 1 is 1.19 bits per heavy atom. The van der Waals surface area contributed by atoms with Crippen molar-refractivity contribution in [3.8, 4) is 0 Å². The Labute approximate surface area is 195 Å². The first-order valence-electron chi connectivity index (χ1n) is 12.5. The van der Waals surface area contributed by atoms with Crippen LogP contribution in [-0.2, 0) is 14.4 Å². The quantitative estimate of drug-likeness (QED) is 0.510. The summed E-state index contributed by atoms with van der Waals surface area (Å²) in [7, 11) is 0. The van der Waals surface area contributed by atoms with Crippen LogP contribution in [0.15, 0.2) is 0 Å². The van der Waals surface area contributed by atoms with Gasteiger partial charge in [-0.15, -0.1) is 11.8 Å². The molecule has 3 amide bonds. The number of hydrogen-bond acceptors (Lipinski definition) is 5. The van der Waals surface area contributed by atoms with Gasteiger partial charge in [-0.2, -0.15) is 0 Å². The van der Waals surface area contributed by atoms with Crippen molar-refractivity contribution in [2.24, 2.45) is 17.8 Å². The number of nitrogens with one attached hydrogen (secondary N) is 2. The summed E-state index contributed by atoms with van der Waals surface area (Å²) in [6, 6.07) is -0.897. The van der Waals surface area contributed by atoms with Crippen LogP contribution in [0.5, 0.6) is 0 Å². The Hall–Kier alpha value is -1.28. The molecule has 2 unspecified atom stereocenters. The summed E-state index contributed by atoms with van der Waals surface area (Å²) >= 11 is 1.70. The van der Waals surface area contributed by atoms with E-state index in [1.165, 1.54) is 6.42 Å². The zero-order chi connectivity index (χ0) is 23.0. The third-order valence-electron chi connectivity index (χ3n) is 8.10. The van der Waals surface area contributed by atoms with Gasteiger partial charge >= 0.3 is 0 Å². The van der Waals surface area contributed by atoms with Gasteiger partial charge in [0.2, 0.25) is 17.7 Å². The molecule has 4 fully saturated rings. The number of amides is 3. The maximum absolute atomic E-state index is 13.9. The number of aliphatic hydroxyl groups excluding tert-OH is 1. The number of fused-ring (bicyclic) bond motifs is 1. The van der Waals surface area contributed by atoms with Crippen LogP contribution >= 0.6 is 11.8 Å². The van der Waals surface area contributed by atoms with Crippen molar-refractivity contribution < 1.29 is 19.5 Å². The van der Waals surface area contributed by atoms with Gasteiger partial charge < -0.3 is 20.6 Å². The molecule has 1 saturated carbocycles. The molecule has 32 heavy (non-hydrogen) atoms. The Bertz CT molecular complexity index is 741. The second-order valence-electron chi connectivity index (χ2n) is 10.4. The average molecular weight is 466 g/mol. The van der Waals surface area contributed by atoms with Gasteiger partial charge in [-0.3, -0.25) is 14.4 Å². The van der Waals surface area contributed by atoms with E-state index in [1.807, 2.05) is 20.8 Å². The van der Waals surface area contributed by atoms with Gasteiger partial charge in [-0.25, -0.2) is 0 Å². The second-order valence-corrected chi connectivity index (χ2v) is 12.0. The van der Waals surface area contributed by atoms with Crippen molar-refractivity contribution in [2.45, 2.75) is 100 Å². The molecule has 0 radical (unpaired) electrons. The van der Waals surface area contributed by atoms with Crippen molar-refractivity contribution in [3.05, 3.63) is 0 Å². The largest absolute Gasteiger partial charge is 0.394 e. The van der Waals surface area contributed by atoms with Crippen LogP contribution in [0.25, 0.3) is 0 Å². The van der Waals surface area contributed by atoms with E-state index in [0.29, 0.717) is 6.54 Å². The molecule has 0 aromatic carbocycles. The molecule has 6 atom stereocenters. The number of likely N-dealkylation sites (tertiary alicyclic amines) is 1. The maximum atomic E-state index is 13.9. The fourth-order valence-electron chi connectivity index (χ4n) is 6.56. The van der Waals surface area contributed by atoms with E-state index in [4.69, 9.17) is 0 Å². The monoisotopic (exact) mass is 465 g/mol. The van der Waals surface area contributed by atoms with Crippen LogP contribution in [0.3, 0.4) is 0 Å². The van der Waals surface area contributed by atoms with Crippen molar-refractivity contribution >= 4 is 29.5 Å². The summed E-state index contributed by atoms with van der Waals surface area (Å²) in [5.74, 6) is -1.13. The van der Waals surface area contributed by atoms with Crippen molar-refractivity contribution in [1.82, 2.24) is 15.5 Å². The number of hydrogen-bond donors (Lipinski definition) is 3. The lowest BCUT2D eigenvalue weighted by Gasteiger charge is -2.39. The third-order valence-corrected chi connectivity index (χ3v) is 10.1. The van der Waals surface area contributed by atoms with Gasteiger partial charge in [-0.1, -0.05) is 40.0 Å². The average Bonchev–Trinajstić information content (AvgIpc) is 3.41. The smallest absolute Gasteiger partial charge is 0.244 e. The lowest BCUT2D eigenvalue weighted by molar-refractivity contribution is -0.143. The molecule has 2 bridgehead atoms. The normalized spacial score (nSPS) is 35.3. The third kappa shape index (κ3) is 3.85. The molecule has 0 aromatic rings. The zero-order valence-corrected chi connectivity index (χ0v) is 20.5. The Kier molecular flexibility index (Phi) is 7.11. The summed E-state index contributed by atoms with van der Waals surface area (Å²) in [6.45, 7) is 6.39. The first-order chi connectivity index (χ1) is 15.4. The molecule has 7 nitrogen and oxygen atoms in total. The summed E-state index contributed by atoms with van der Waals surface area (Å²) in [5.41, 5.74) is 0. The van der Waals surface area contributed by atoms with Crippen molar-refractivity contribution in [1.29, 1.82) is 0 Å². The fraction of sp³-hybridized carbons (Fsp3) is 0.875. The minimum Gasteiger partial charge on any atom is -0.394 e. The van der Waals surface area contributed by atoms with E-state index >= 15 is 0 Å². The molecule has 4 aliphatic rings. The molecule has 3 N–H and O–H groups in total. The van der Waals surface area contributed by atoms with Gasteiger partial charge in [0, 0.05) is 17.8 Å². The number of aliphatic hydroxyl groups is 1. The van der Waals surface area contributed by atoms with E-state index in [1.54, 1.807) is 16.7 Å². The highest BCUT2D eigenvalue weighted by Crippen LogP contribution is 2.66. The number of carbonyl (C=O) groups excluding carboxylic acids is 3. The first-order valence-corrected chi connectivity index (χ1v) is 13.4. The summed E-state index contributed by atoms with van der Waals surface area (Å²) < 4.78 is -0.572. The first kappa shape index (κ1) is 23.9. The summed E-state index contributed by atoms with van der Waals surface area (Å²) in [5, 5.41) is 16.6. The van der Waals surface area contributed by atoms with Crippen LogP contribution in [0.1, 0.15) is 72.1 Å². The summed E-state index contributed by atoms with van der Waals surface area (Å²) in [6.07, 6.45) is 7.87. The molecule has 3 heterocycles. The van der Waals surface area contributed by atoms with Gasteiger partial charge in [0.1, 0.15) is 6.04 Å². The van der Waals surface area contributed by atoms with E-state index in [9.17, 15) is 19.5 Å². The predicted molar refractivity (Wildman–Crippen MR) is 125 cm³/mol. The van der Waals surface area contributed by atoms with E-state index in [2.05, 4.69) is 10.6 Å².